The van der Waals surface area contributed by atoms with Gasteiger partial charge in [0.25, 0.3) is 0 Å². The number of rotatable bonds is 9. The van der Waals surface area contributed by atoms with Gasteiger partial charge in [0.05, 0.1) is 12.0 Å². The number of carbonyl (C=O) groups is 1. The lowest BCUT2D eigenvalue weighted by Gasteiger charge is -2.21. The van der Waals surface area contributed by atoms with E-state index in [1.165, 1.54) is 19.2 Å². The smallest absolute Gasteiger partial charge is 0.241 e. The molecule has 1 amide bonds. The molecule has 0 fully saturated rings. The lowest BCUT2D eigenvalue weighted by atomic mass is 10.1. The molecule has 0 saturated carbocycles. The molecule has 0 saturated heterocycles. The fourth-order valence-corrected chi connectivity index (χ4v) is 3.25. The Balaban J connectivity index is 2.86. The van der Waals surface area contributed by atoms with E-state index in [0.29, 0.717) is 25.3 Å². The predicted molar refractivity (Wildman–Crippen MR) is 88.6 cm³/mol. The third kappa shape index (κ3) is 5.81. The topological polar surface area (TPSA) is 111 Å². The van der Waals surface area contributed by atoms with Gasteiger partial charge in [-0.1, -0.05) is 13.8 Å². The molecule has 1 aromatic carbocycles. The molecular formula is C15H25N3O4S. The van der Waals surface area contributed by atoms with Crippen molar-refractivity contribution in [2.75, 3.05) is 20.2 Å². The van der Waals surface area contributed by atoms with Crippen molar-refractivity contribution < 1.29 is 17.9 Å². The van der Waals surface area contributed by atoms with E-state index in [1.54, 1.807) is 26.0 Å². The second-order valence-corrected chi connectivity index (χ2v) is 7.17. The number of hydrogen-bond acceptors (Lipinski definition) is 5. The fraction of sp³-hybridized carbons (Fsp3) is 0.533. The molecule has 8 heteroatoms. The van der Waals surface area contributed by atoms with E-state index in [-0.39, 0.29) is 16.7 Å². The zero-order valence-electron chi connectivity index (χ0n) is 13.7. The highest BCUT2D eigenvalue weighted by atomic mass is 32.2. The van der Waals surface area contributed by atoms with Gasteiger partial charge in [0, 0.05) is 6.54 Å². The number of benzene rings is 1. The van der Waals surface area contributed by atoms with Crippen molar-refractivity contribution in [3.05, 3.63) is 24.3 Å². The van der Waals surface area contributed by atoms with Crippen molar-refractivity contribution in [1.29, 1.82) is 0 Å². The number of sulfonamides is 1. The van der Waals surface area contributed by atoms with E-state index in [9.17, 15) is 13.2 Å². The first kappa shape index (κ1) is 19.4. The number of ether oxygens (including phenoxy) is 1. The molecule has 7 nitrogen and oxygen atoms in total. The highest BCUT2D eigenvalue weighted by Crippen LogP contribution is 2.16. The van der Waals surface area contributed by atoms with Crippen LogP contribution in [0.2, 0.25) is 0 Å². The van der Waals surface area contributed by atoms with E-state index >= 15 is 0 Å². The van der Waals surface area contributed by atoms with Crippen molar-refractivity contribution in [3.63, 3.8) is 0 Å². The van der Waals surface area contributed by atoms with Gasteiger partial charge in [0.15, 0.2) is 0 Å². The Hall–Kier alpha value is -1.64. The quantitative estimate of drug-likeness (QED) is 0.564. The average Bonchev–Trinajstić information content (AvgIpc) is 2.52. The maximum Gasteiger partial charge on any atom is 0.241 e. The summed E-state index contributed by atoms with van der Waals surface area (Å²) in [5.74, 6) is 0.00956. The molecule has 0 bridgehead atoms. The monoisotopic (exact) mass is 343 g/mol. The highest BCUT2D eigenvalue weighted by molar-refractivity contribution is 7.89. The Labute approximate surface area is 137 Å². The van der Waals surface area contributed by atoms with Gasteiger partial charge in [-0.3, -0.25) is 4.79 Å². The standard InChI is InChI=1S/C15H25N3O4S/c1-11(2)14(15(19)17-10-4-9-16)18-23(20,21)13-7-5-12(22-3)6-8-13/h5-8,11,14,18H,4,9-10,16H2,1-3H3,(H,17,19). The SMILES string of the molecule is COc1ccc(S(=O)(=O)NC(C(=O)NCCCN)C(C)C)cc1. The lowest BCUT2D eigenvalue weighted by Crippen LogP contribution is -2.49. The summed E-state index contributed by atoms with van der Waals surface area (Å²) in [6, 6.07) is 5.14. The van der Waals surface area contributed by atoms with Crippen LogP contribution in [0.5, 0.6) is 5.75 Å². The van der Waals surface area contributed by atoms with Crippen LogP contribution >= 0.6 is 0 Å². The summed E-state index contributed by atoms with van der Waals surface area (Å²) in [4.78, 5) is 12.3. The Kier molecular flexibility index (Phi) is 7.47. The predicted octanol–water partition coefficient (Wildman–Crippen LogP) is 0.463. The van der Waals surface area contributed by atoms with E-state index in [4.69, 9.17) is 10.5 Å². The second kappa shape index (κ2) is 8.85. The van der Waals surface area contributed by atoms with Gasteiger partial charge in [-0.05, 0) is 43.1 Å². The zero-order chi connectivity index (χ0) is 17.5. The molecule has 4 N–H and O–H groups in total. The third-order valence-electron chi connectivity index (χ3n) is 3.28. The van der Waals surface area contributed by atoms with Gasteiger partial charge in [-0.15, -0.1) is 0 Å². The average molecular weight is 343 g/mol. The van der Waals surface area contributed by atoms with Crippen molar-refractivity contribution in [2.24, 2.45) is 11.7 Å². The minimum Gasteiger partial charge on any atom is -0.497 e. The molecule has 1 atom stereocenters. The van der Waals surface area contributed by atoms with Crippen molar-refractivity contribution in [2.45, 2.75) is 31.2 Å². The van der Waals surface area contributed by atoms with Crippen LogP contribution < -0.4 is 20.5 Å². The Morgan fingerprint density at radius 2 is 1.87 bits per heavy atom. The van der Waals surface area contributed by atoms with Crippen molar-refractivity contribution in [3.8, 4) is 5.75 Å². The van der Waals surface area contributed by atoms with Crippen LogP contribution in [0, 0.1) is 5.92 Å². The van der Waals surface area contributed by atoms with Crippen LogP contribution in [0.3, 0.4) is 0 Å². The summed E-state index contributed by atoms with van der Waals surface area (Å²) < 4.78 is 32.3. The number of carbonyl (C=O) groups excluding carboxylic acids is 1. The summed E-state index contributed by atoms with van der Waals surface area (Å²) in [7, 11) is -2.29. The first-order valence-electron chi connectivity index (χ1n) is 7.46. The van der Waals surface area contributed by atoms with Crippen LogP contribution in [0.15, 0.2) is 29.2 Å². The van der Waals surface area contributed by atoms with Gasteiger partial charge in [0.2, 0.25) is 15.9 Å². The van der Waals surface area contributed by atoms with E-state index in [0.717, 1.165) is 0 Å². The van der Waals surface area contributed by atoms with E-state index in [1.807, 2.05) is 0 Å². The van der Waals surface area contributed by atoms with Crippen LogP contribution in [-0.4, -0.2) is 40.6 Å². The van der Waals surface area contributed by atoms with Gasteiger partial charge >= 0.3 is 0 Å². The zero-order valence-corrected chi connectivity index (χ0v) is 14.5. The lowest BCUT2D eigenvalue weighted by molar-refractivity contribution is -0.123. The largest absolute Gasteiger partial charge is 0.497 e. The molecule has 0 aliphatic heterocycles. The number of hydrogen-bond donors (Lipinski definition) is 3. The Bertz CT molecular complexity index is 600. The summed E-state index contributed by atoms with van der Waals surface area (Å²) in [6.07, 6.45) is 0.641. The summed E-state index contributed by atoms with van der Waals surface area (Å²) >= 11 is 0. The molecule has 0 aromatic heterocycles. The fourth-order valence-electron chi connectivity index (χ4n) is 1.91. The molecule has 0 aliphatic carbocycles. The minimum atomic E-state index is -3.80. The van der Waals surface area contributed by atoms with E-state index < -0.39 is 16.1 Å². The molecule has 0 aliphatic rings. The molecule has 130 valence electrons. The van der Waals surface area contributed by atoms with Gasteiger partial charge in [0.1, 0.15) is 11.8 Å². The Morgan fingerprint density at radius 1 is 1.26 bits per heavy atom. The van der Waals surface area contributed by atoms with Crippen LogP contribution in [-0.2, 0) is 14.8 Å². The summed E-state index contributed by atoms with van der Waals surface area (Å²) in [5, 5.41) is 2.69. The molecule has 1 aromatic rings. The highest BCUT2D eigenvalue weighted by Gasteiger charge is 2.28. The maximum absolute atomic E-state index is 12.4. The molecular weight excluding hydrogens is 318 g/mol. The molecule has 0 radical (unpaired) electrons. The summed E-state index contributed by atoms with van der Waals surface area (Å²) in [6.45, 7) is 4.44. The molecule has 23 heavy (non-hydrogen) atoms. The van der Waals surface area contributed by atoms with Gasteiger partial charge in [-0.2, -0.15) is 4.72 Å². The molecule has 1 rings (SSSR count). The van der Waals surface area contributed by atoms with Crippen molar-refractivity contribution >= 4 is 15.9 Å². The number of nitrogens with two attached hydrogens (primary N) is 1. The maximum atomic E-state index is 12.4. The third-order valence-corrected chi connectivity index (χ3v) is 4.74. The first-order valence-corrected chi connectivity index (χ1v) is 8.94. The second-order valence-electron chi connectivity index (χ2n) is 5.45. The van der Waals surface area contributed by atoms with Crippen LogP contribution in [0.4, 0.5) is 0 Å². The number of nitrogens with one attached hydrogen (secondary N) is 2. The molecule has 0 spiro atoms. The van der Waals surface area contributed by atoms with Crippen molar-refractivity contribution in [1.82, 2.24) is 10.0 Å². The summed E-state index contributed by atoms with van der Waals surface area (Å²) in [5.41, 5.74) is 5.38. The molecule has 0 heterocycles. The van der Waals surface area contributed by atoms with Crippen LogP contribution in [0.1, 0.15) is 20.3 Å². The van der Waals surface area contributed by atoms with Gasteiger partial charge in [-0.25, -0.2) is 8.42 Å². The van der Waals surface area contributed by atoms with E-state index in [2.05, 4.69) is 10.0 Å². The normalized spacial score (nSPS) is 12.9. The first-order chi connectivity index (χ1) is 10.8. The molecule has 1 unspecified atom stereocenters. The number of amides is 1. The Morgan fingerprint density at radius 3 is 2.35 bits per heavy atom. The number of methoxy groups -OCH3 is 1. The minimum absolute atomic E-state index is 0.0821. The van der Waals surface area contributed by atoms with Gasteiger partial charge < -0.3 is 15.8 Å². The van der Waals surface area contributed by atoms with Crippen LogP contribution in [0.25, 0.3) is 0 Å².